The minimum atomic E-state index is -0.486. The monoisotopic (exact) mass is 103 g/mol. The lowest BCUT2D eigenvalue weighted by molar-refractivity contribution is -0.133. The summed E-state index contributed by atoms with van der Waals surface area (Å²) >= 11 is 0.830. The molecule has 1 fully saturated rings. The molecule has 32 valence electrons. The molecule has 0 spiro atoms. The summed E-state index contributed by atoms with van der Waals surface area (Å²) in [4.78, 5) is 19.5. The number of rotatable bonds is 0. The summed E-state index contributed by atoms with van der Waals surface area (Å²) in [5.74, 6) is -0.486. The number of carbonyl (C=O) groups is 2. The fourth-order valence-corrected chi connectivity index (χ4v) is 0.403. The van der Waals surface area contributed by atoms with E-state index in [-0.39, 0.29) is 0 Å². The van der Waals surface area contributed by atoms with Crippen molar-refractivity contribution >= 4 is 23.0 Å². The van der Waals surface area contributed by atoms with Crippen LogP contribution in [0.2, 0.25) is 0 Å². The van der Waals surface area contributed by atoms with Gasteiger partial charge in [-0.2, -0.15) is 0 Å². The highest BCUT2D eigenvalue weighted by Crippen LogP contribution is 2.05. The van der Waals surface area contributed by atoms with Crippen molar-refractivity contribution in [3.05, 3.63) is 0 Å². The first-order valence-corrected chi connectivity index (χ1v) is 2.13. The van der Waals surface area contributed by atoms with E-state index in [9.17, 15) is 9.59 Å². The highest BCUT2D eigenvalue weighted by atomic mass is 32.2. The number of hydrogen-bond acceptors (Lipinski definition) is 3. The molecular formula is C2HNO2S. The van der Waals surface area contributed by atoms with E-state index < -0.39 is 11.0 Å². The van der Waals surface area contributed by atoms with Gasteiger partial charge >= 0.3 is 5.91 Å². The van der Waals surface area contributed by atoms with E-state index in [1.807, 2.05) is 0 Å². The summed E-state index contributed by atoms with van der Waals surface area (Å²) in [7, 11) is 0. The Bertz CT molecular complexity index is 96.1. The van der Waals surface area contributed by atoms with Crippen molar-refractivity contribution in [2.75, 3.05) is 0 Å². The van der Waals surface area contributed by atoms with Crippen molar-refractivity contribution in [1.82, 2.24) is 4.72 Å². The van der Waals surface area contributed by atoms with E-state index in [0.29, 0.717) is 0 Å². The average Bonchev–Trinajstić information content (AvgIpc) is 1.61. The molecule has 1 aliphatic heterocycles. The molecule has 1 rings (SSSR count). The molecule has 1 N–H and O–H groups in total. The van der Waals surface area contributed by atoms with Gasteiger partial charge in [0.1, 0.15) is 0 Å². The maximum Gasteiger partial charge on any atom is 0.310 e. The Morgan fingerprint density at radius 3 is 2.00 bits per heavy atom. The molecule has 0 unspecified atom stereocenters. The van der Waals surface area contributed by atoms with Gasteiger partial charge < -0.3 is 0 Å². The van der Waals surface area contributed by atoms with Crippen molar-refractivity contribution in [3.63, 3.8) is 0 Å². The van der Waals surface area contributed by atoms with Crippen molar-refractivity contribution in [3.8, 4) is 0 Å². The molecule has 0 radical (unpaired) electrons. The van der Waals surface area contributed by atoms with Crippen molar-refractivity contribution in [1.29, 1.82) is 0 Å². The molecule has 0 bridgehead atoms. The molecule has 1 heterocycles. The average molecular weight is 103 g/mol. The Labute approximate surface area is 38.2 Å². The number of carbonyl (C=O) groups excluding carboxylic acids is 2. The van der Waals surface area contributed by atoms with Gasteiger partial charge in [-0.15, -0.1) is 0 Å². The molecule has 0 aromatic heterocycles. The summed E-state index contributed by atoms with van der Waals surface area (Å²) in [6.07, 6.45) is 0. The first-order valence-electron chi connectivity index (χ1n) is 1.32. The van der Waals surface area contributed by atoms with E-state index >= 15 is 0 Å². The van der Waals surface area contributed by atoms with Crippen molar-refractivity contribution < 1.29 is 9.59 Å². The highest BCUT2D eigenvalue weighted by Gasteiger charge is 2.24. The summed E-state index contributed by atoms with van der Waals surface area (Å²) in [5.41, 5.74) is 0. The molecule has 0 aliphatic carbocycles. The second kappa shape index (κ2) is 0.975. The molecule has 1 aliphatic rings. The van der Waals surface area contributed by atoms with Crippen LogP contribution >= 0.6 is 11.9 Å². The molecule has 1 amide bonds. The predicted molar refractivity (Wildman–Crippen MR) is 20.7 cm³/mol. The van der Waals surface area contributed by atoms with Gasteiger partial charge in [-0.3, -0.25) is 14.3 Å². The Morgan fingerprint density at radius 1 is 1.50 bits per heavy atom. The van der Waals surface area contributed by atoms with Gasteiger partial charge in [-0.25, -0.2) is 0 Å². The Kier molecular flexibility index (Phi) is 0.597. The van der Waals surface area contributed by atoms with E-state index in [0.717, 1.165) is 11.9 Å². The van der Waals surface area contributed by atoms with Crippen LogP contribution in [0.25, 0.3) is 0 Å². The van der Waals surface area contributed by atoms with E-state index in [2.05, 4.69) is 4.72 Å². The fourth-order valence-electron chi connectivity index (χ4n) is 0.134. The largest absolute Gasteiger partial charge is 0.310 e. The molecule has 1 saturated heterocycles. The fraction of sp³-hybridized carbons (Fsp3) is 0. The van der Waals surface area contributed by atoms with Crippen molar-refractivity contribution in [2.24, 2.45) is 0 Å². The predicted octanol–water partition coefficient (Wildman–Crippen LogP) is -0.709. The molecule has 6 heavy (non-hydrogen) atoms. The highest BCUT2D eigenvalue weighted by molar-refractivity contribution is 8.17. The second-order valence-electron chi connectivity index (χ2n) is 0.821. The van der Waals surface area contributed by atoms with Crippen LogP contribution in [0.4, 0.5) is 0 Å². The van der Waals surface area contributed by atoms with Gasteiger partial charge in [0.2, 0.25) is 0 Å². The van der Waals surface area contributed by atoms with Crippen LogP contribution in [0, 0.1) is 0 Å². The third-order valence-electron chi connectivity index (χ3n) is 0.422. The van der Waals surface area contributed by atoms with E-state index in [4.69, 9.17) is 0 Å². The topological polar surface area (TPSA) is 46.2 Å². The maximum atomic E-state index is 9.78. The summed E-state index contributed by atoms with van der Waals surface area (Å²) in [6.45, 7) is 0. The SMILES string of the molecule is O=C1NSC1=O. The zero-order valence-corrected chi connectivity index (χ0v) is 3.54. The normalized spacial score (nSPS) is 19.3. The van der Waals surface area contributed by atoms with Gasteiger partial charge in [-0.1, -0.05) is 0 Å². The summed E-state index contributed by atoms with van der Waals surface area (Å²) < 4.78 is 2.19. The van der Waals surface area contributed by atoms with E-state index in [1.54, 1.807) is 0 Å². The van der Waals surface area contributed by atoms with Crippen LogP contribution in [0.15, 0.2) is 0 Å². The van der Waals surface area contributed by atoms with Gasteiger partial charge in [0.25, 0.3) is 5.12 Å². The van der Waals surface area contributed by atoms with Crippen LogP contribution < -0.4 is 4.72 Å². The molecule has 0 aromatic carbocycles. The molecule has 0 aromatic rings. The minimum Gasteiger partial charge on any atom is -0.286 e. The van der Waals surface area contributed by atoms with E-state index in [1.165, 1.54) is 0 Å². The Balaban J connectivity index is 2.61. The van der Waals surface area contributed by atoms with Crippen LogP contribution in [-0.4, -0.2) is 11.0 Å². The molecule has 3 nitrogen and oxygen atoms in total. The summed E-state index contributed by atoms with van der Waals surface area (Å²) in [5, 5.41) is -0.394. The quantitative estimate of drug-likeness (QED) is 0.325. The van der Waals surface area contributed by atoms with Gasteiger partial charge in [0.05, 0.1) is 0 Å². The maximum absolute atomic E-state index is 9.78. The number of nitrogens with one attached hydrogen (secondary N) is 1. The standard InChI is InChI=1S/C2HNO2S/c4-1-2(5)6-3-1/h(H,3,4). The number of hydrogen-bond donors (Lipinski definition) is 1. The second-order valence-corrected chi connectivity index (χ2v) is 1.60. The third-order valence-corrected chi connectivity index (χ3v) is 1.08. The van der Waals surface area contributed by atoms with Crippen LogP contribution in [0.1, 0.15) is 0 Å². The van der Waals surface area contributed by atoms with Crippen molar-refractivity contribution in [2.45, 2.75) is 0 Å². The minimum absolute atomic E-state index is 0.394. The first kappa shape index (κ1) is 3.67. The lowest BCUT2D eigenvalue weighted by atomic mass is 10.7. The zero-order valence-electron chi connectivity index (χ0n) is 2.72. The molecule has 0 saturated carbocycles. The zero-order chi connectivity index (χ0) is 4.57. The molecular weight excluding hydrogens is 102 g/mol. The Morgan fingerprint density at radius 2 is 2.00 bits per heavy atom. The lowest BCUT2D eigenvalue weighted by Gasteiger charge is -2.06. The lowest BCUT2D eigenvalue weighted by Crippen LogP contribution is -2.36. The van der Waals surface area contributed by atoms with Crippen LogP contribution in [-0.2, 0) is 9.59 Å². The number of amides is 1. The van der Waals surface area contributed by atoms with Gasteiger partial charge in [0, 0.05) is 11.9 Å². The molecule has 4 heteroatoms. The van der Waals surface area contributed by atoms with Crippen LogP contribution in [0.3, 0.4) is 0 Å². The van der Waals surface area contributed by atoms with Gasteiger partial charge in [-0.05, 0) is 0 Å². The van der Waals surface area contributed by atoms with Gasteiger partial charge in [0.15, 0.2) is 0 Å². The van der Waals surface area contributed by atoms with Crippen LogP contribution in [0.5, 0.6) is 0 Å². The first-order chi connectivity index (χ1) is 2.80. The summed E-state index contributed by atoms with van der Waals surface area (Å²) in [6, 6.07) is 0. The Hall–Kier alpha value is -0.510. The molecule has 0 atom stereocenters. The smallest absolute Gasteiger partial charge is 0.286 e. The third kappa shape index (κ3) is 0.300.